The van der Waals surface area contributed by atoms with Crippen LogP contribution in [0.15, 0.2) is 0 Å². The summed E-state index contributed by atoms with van der Waals surface area (Å²) in [6, 6.07) is -2.50. The fourth-order valence-corrected chi connectivity index (χ4v) is 2.42. The number of piperidine rings is 1. The molecule has 1 fully saturated rings. The molecule has 0 aliphatic carbocycles. The lowest BCUT2D eigenvalue weighted by Gasteiger charge is -2.34. The summed E-state index contributed by atoms with van der Waals surface area (Å²) >= 11 is 0. The molecular weight excluding hydrogens is 285 g/mol. The Morgan fingerprint density at radius 2 is 1.81 bits per heavy atom. The zero-order chi connectivity index (χ0) is 16.3. The van der Waals surface area contributed by atoms with Crippen LogP contribution in [-0.4, -0.2) is 48.0 Å². The number of carbonyl (C=O) groups is 1. The predicted molar refractivity (Wildman–Crippen MR) is 73.8 cm³/mol. The van der Waals surface area contributed by atoms with Gasteiger partial charge in [-0.05, 0) is 30.6 Å². The fourth-order valence-electron chi connectivity index (χ4n) is 2.42. The van der Waals surface area contributed by atoms with Crippen LogP contribution in [0.2, 0.25) is 0 Å². The van der Waals surface area contributed by atoms with Crippen molar-refractivity contribution in [3.8, 4) is 0 Å². The van der Waals surface area contributed by atoms with Crippen LogP contribution in [0, 0.1) is 11.3 Å². The molecule has 1 aliphatic heterocycles. The second kappa shape index (κ2) is 6.85. The van der Waals surface area contributed by atoms with E-state index in [2.05, 4.69) is 5.32 Å². The van der Waals surface area contributed by atoms with Crippen molar-refractivity contribution in [2.24, 2.45) is 11.3 Å². The fraction of sp³-hybridized carbons (Fsp3) is 0.929. The molecule has 0 unspecified atom stereocenters. The minimum absolute atomic E-state index is 0.0602. The van der Waals surface area contributed by atoms with Gasteiger partial charge in [0.1, 0.15) is 6.04 Å². The molecule has 0 bridgehead atoms. The molecule has 0 spiro atoms. The van der Waals surface area contributed by atoms with Crippen molar-refractivity contribution in [3.63, 3.8) is 0 Å². The highest BCUT2D eigenvalue weighted by molar-refractivity contribution is 5.74. The average molecular weight is 310 g/mol. The van der Waals surface area contributed by atoms with E-state index in [0.29, 0.717) is 25.9 Å². The van der Waals surface area contributed by atoms with Gasteiger partial charge in [0.25, 0.3) is 0 Å². The Morgan fingerprint density at radius 3 is 2.19 bits per heavy atom. The van der Waals surface area contributed by atoms with Gasteiger partial charge >= 0.3 is 12.2 Å². The Hall–Kier alpha value is -0.980. The van der Waals surface area contributed by atoms with E-state index in [1.165, 1.54) is 4.90 Å². The Morgan fingerprint density at radius 1 is 1.29 bits per heavy atom. The number of aliphatic hydroxyl groups excluding tert-OH is 1. The van der Waals surface area contributed by atoms with E-state index in [1.54, 1.807) is 20.8 Å². The van der Waals surface area contributed by atoms with Crippen molar-refractivity contribution in [3.05, 3.63) is 0 Å². The molecule has 0 aromatic heterocycles. The third kappa shape index (κ3) is 6.11. The van der Waals surface area contributed by atoms with Crippen molar-refractivity contribution in [2.75, 3.05) is 19.7 Å². The molecule has 2 N–H and O–H groups in total. The largest absolute Gasteiger partial charge is 0.408 e. The SMILES string of the molecule is CC(C)(C)C[C@H](NC(=O)N1CCC(CO)CC1)C(F)(F)F. The molecular formula is C14H25F3N2O2. The lowest BCUT2D eigenvalue weighted by Crippen LogP contribution is -2.53. The quantitative estimate of drug-likeness (QED) is 0.842. The average Bonchev–Trinajstić information content (AvgIpc) is 2.35. The van der Waals surface area contributed by atoms with Crippen LogP contribution in [-0.2, 0) is 0 Å². The van der Waals surface area contributed by atoms with Crippen LogP contribution in [0.3, 0.4) is 0 Å². The normalized spacial score (nSPS) is 19.5. The molecule has 1 heterocycles. The summed E-state index contributed by atoms with van der Waals surface area (Å²) in [5.74, 6) is 0.141. The first kappa shape index (κ1) is 18.1. The van der Waals surface area contributed by atoms with Crippen molar-refractivity contribution in [1.82, 2.24) is 10.2 Å². The van der Waals surface area contributed by atoms with Crippen molar-refractivity contribution in [2.45, 2.75) is 52.3 Å². The summed E-state index contributed by atoms with van der Waals surface area (Å²) < 4.78 is 39.1. The number of carbonyl (C=O) groups excluding carboxylic acids is 1. The smallest absolute Gasteiger partial charge is 0.396 e. The zero-order valence-electron chi connectivity index (χ0n) is 12.8. The first-order valence-electron chi connectivity index (χ1n) is 7.26. The third-order valence-electron chi connectivity index (χ3n) is 3.67. The Labute approximate surface area is 123 Å². The van der Waals surface area contributed by atoms with Gasteiger partial charge in [-0.15, -0.1) is 0 Å². The van der Waals surface area contributed by atoms with E-state index in [1.807, 2.05) is 0 Å². The van der Waals surface area contributed by atoms with Gasteiger partial charge < -0.3 is 15.3 Å². The number of likely N-dealkylation sites (tertiary alicyclic amines) is 1. The molecule has 1 rings (SSSR count). The minimum atomic E-state index is -4.45. The van der Waals surface area contributed by atoms with Crippen molar-refractivity contribution >= 4 is 6.03 Å². The standard InChI is InChI=1S/C14H25F3N2O2/c1-13(2,3)8-11(14(15,16)17)18-12(21)19-6-4-10(9-20)5-7-19/h10-11,20H,4-9H2,1-3H3,(H,18,21)/t11-/m0/s1. The number of hydrogen-bond acceptors (Lipinski definition) is 2. The van der Waals surface area contributed by atoms with E-state index in [4.69, 9.17) is 5.11 Å². The van der Waals surface area contributed by atoms with Gasteiger partial charge in [-0.2, -0.15) is 13.2 Å². The summed E-state index contributed by atoms with van der Waals surface area (Å²) in [6.45, 7) is 5.97. The monoisotopic (exact) mass is 310 g/mol. The molecule has 0 radical (unpaired) electrons. The summed E-state index contributed by atoms with van der Waals surface area (Å²) in [7, 11) is 0. The summed E-state index contributed by atoms with van der Waals surface area (Å²) in [5, 5.41) is 11.1. The van der Waals surface area contributed by atoms with E-state index in [-0.39, 0.29) is 18.9 Å². The molecule has 1 aliphatic rings. The van der Waals surface area contributed by atoms with Crippen LogP contribution in [0.25, 0.3) is 0 Å². The maximum atomic E-state index is 13.0. The van der Waals surface area contributed by atoms with Crippen LogP contribution in [0.4, 0.5) is 18.0 Å². The lowest BCUT2D eigenvalue weighted by molar-refractivity contribution is -0.159. The molecule has 124 valence electrons. The molecule has 21 heavy (non-hydrogen) atoms. The molecule has 7 heteroatoms. The number of amides is 2. The van der Waals surface area contributed by atoms with Gasteiger partial charge in [-0.1, -0.05) is 20.8 Å². The maximum Gasteiger partial charge on any atom is 0.408 e. The predicted octanol–water partition coefficient (Wildman–Crippen LogP) is 2.77. The second-order valence-electron chi connectivity index (χ2n) is 6.92. The lowest BCUT2D eigenvalue weighted by atomic mass is 9.88. The Balaban J connectivity index is 2.61. The highest BCUT2D eigenvalue weighted by atomic mass is 19.4. The Kier molecular flexibility index (Phi) is 5.90. The molecule has 4 nitrogen and oxygen atoms in total. The van der Waals surface area contributed by atoms with Gasteiger partial charge in [0.15, 0.2) is 0 Å². The number of aliphatic hydroxyl groups is 1. The number of rotatable bonds is 3. The summed E-state index contributed by atoms with van der Waals surface area (Å²) in [6.07, 6.45) is -3.36. The number of nitrogens with zero attached hydrogens (tertiary/aromatic N) is 1. The highest BCUT2D eigenvalue weighted by Crippen LogP contribution is 2.30. The number of alkyl halides is 3. The van der Waals surface area contributed by atoms with E-state index in [0.717, 1.165) is 0 Å². The number of hydrogen-bond donors (Lipinski definition) is 2. The summed E-state index contributed by atoms with van der Waals surface area (Å²) in [5.41, 5.74) is -0.530. The van der Waals surface area contributed by atoms with E-state index < -0.39 is 23.7 Å². The number of urea groups is 1. The maximum absolute atomic E-state index is 13.0. The Bertz CT molecular complexity index is 345. The number of halogens is 3. The number of nitrogens with one attached hydrogen (secondary N) is 1. The highest BCUT2D eigenvalue weighted by Gasteiger charge is 2.43. The van der Waals surface area contributed by atoms with Crippen molar-refractivity contribution < 1.29 is 23.1 Å². The first-order chi connectivity index (χ1) is 9.53. The van der Waals surface area contributed by atoms with Gasteiger partial charge in [-0.25, -0.2) is 4.79 Å². The van der Waals surface area contributed by atoms with Gasteiger partial charge in [0, 0.05) is 19.7 Å². The van der Waals surface area contributed by atoms with Gasteiger partial charge in [0.2, 0.25) is 0 Å². The van der Waals surface area contributed by atoms with Gasteiger partial charge in [-0.3, -0.25) is 0 Å². The molecule has 0 aromatic carbocycles. The molecule has 1 atom stereocenters. The second-order valence-corrected chi connectivity index (χ2v) is 6.92. The molecule has 1 saturated heterocycles. The summed E-state index contributed by atoms with van der Waals surface area (Å²) in [4.78, 5) is 13.4. The third-order valence-corrected chi connectivity index (χ3v) is 3.67. The van der Waals surface area contributed by atoms with Crippen molar-refractivity contribution in [1.29, 1.82) is 0 Å². The van der Waals surface area contributed by atoms with Crippen LogP contribution >= 0.6 is 0 Å². The zero-order valence-corrected chi connectivity index (χ0v) is 12.8. The van der Waals surface area contributed by atoms with Crippen LogP contribution in [0.1, 0.15) is 40.0 Å². The van der Waals surface area contributed by atoms with E-state index >= 15 is 0 Å². The first-order valence-corrected chi connectivity index (χ1v) is 7.26. The minimum Gasteiger partial charge on any atom is -0.396 e. The van der Waals surface area contributed by atoms with E-state index in [9.17, 15) is 18.0 Å². The van der Waals surface area contributed by atoms with Crippen LogP contribution in [0.5, 0.6) is 0 Å². The molecule has 0 aromatic rings. The molecule has 0 saturated carbocycles. The van der Waals surface area contributed by atoms with Gasteiger partial charge in [0.05, 0.1) is 0 Å². The van der Waals surface area contributed by atoms with Crippen LogP contribution < -0.4 is 5.32 Å². The topological polar surface area (TPSA) is 52.6 Å². The molecule has 2 amide bonds.